The van der Waals surface area contributed by atoms with Crippen LogP contribution >= 0.6 is 11.6 Å². The first-order valence-corrected chi connectivity index (χ1v) is 11.4. The van der Waals surface area contributed by atoms with E-state index in [1.54, 1.807) is 37.4 Å². The molecule has 0 atom stereocenters. The molecule has 0 heterocycles. The van der Waals surface area contributed by atoms with Crippen LogP contribution in [0.2, 0.25) is 5.02 Å². The van der Waals surface area contributed by atoms with E-state index in [2.05, 4.69) is 5.32 Å². The van der Waals surface area contributed by atoms with Gasteiger partial charge in [-0.15, -0.1) is 0 Å². The Morgan fingerprint density at radius 3 is 2.35 bits per heavy atom. The van der Waals surface area contributed by atoms with E-state index in [9.17, 15) is 13.2 Å². The van der Waals surface area contributed by atoms with E-state index in [1.807, 2.05) is 24.3 Å². The van der Waals surface area contributed by atoms with Crippen molar-refractivity contribution in [1.29, 1.82) is 0 Å². The molecule has 1 N–H and O–H groups in total. The number of ether oxygens (including phenoxy) is 1. The van der Waals surface area contributed by atoms with E-state index >= 15 is 0 Å². The van der Waals surface area contributed by atoms with E-state index in [-0.39, 0.29) is 15.5 Å². The largest absolute Gasteiger partial charge is 0.497 e. The van der Waals surface area contributed by atoms with E-state index < -0.39 is 15.9 Å². The summed E-state index contributed by atoms with van der Waals surface area (Å²) in [5.41, 5.74) is 1.66. The predicted octanol–water partition coefficient (Wildman–Crippen LogP) is 4.15. The molecule has 3 rings (SSSR count). The number of nitrogens with zero attached hydrogens (tertiary/aromatic N) is 1. The molecule has 6 nitrogen and oxygen atoms in total. The molecular formula is C23H23ClN2O4S. The third kappa shape index (κ3) is 5.37. The van der Waals surface area contributed by atoms with Crippen molar-refractivity contribution in [2.75, 3.05) is 25.0 Å². The zero-order valence-electron chi connectivity index (χ0n) is 17.2. The van der Waals surface area contributed by atoms with Crippen LogP contribution in [0, 0.1) is 0 Å². The molecule has 0 aromatic heterocycles. The molecule has 0 aliphatic heterocycles. The van der Waals surface area contributed by atoms with Gasteiger partial charge in [0.05, 0.1) is 28.3 Å². The Bertz CT molecular complexity index is 1150. The molecule has 0 fully saturated rings. The highest BCUT2D eigenvalue weighted by Crippen LogP contribution is 2.25. The number of methoxy groups -OCH3 is 1. The number of hydrogen-bond acceptors (Lipinski definition) is 4. The van der Waals surface area contributed by atoms with E-state index in [4.69, 9.17) is 16.3 Å². The summed E-state index contributed by atoms with van der Waals surface area (Å²) in [6, 6.07) is 20.4. The van der Waals surface area contributed by atoms with Crippen LogP contribution in [0.25, 0.3) is 0 Å². The van der Waals surface area contributed by atoms with Gasteiger partial charge in [-0.3, -0.25) is 9.10 Å². The molecule has 1 amide bonds. The van der Waals surface area contributed by atoms with Crippen molar-refractivity contribution in [2.24, 2.45) is 0 Å². The van der Waals surface area contributed by atoms with Gasteiger partial charge in [0.1, 0.15) is 5.75 Å². The molecule has 0 saturated carbocycles. The molecule has 0 bridgehead atoms. The number of anilines is 1. The fraction of sp³-hybridized carbons (Fsp3) is 0.174. The van der Waals surface area contributed by atoms with E-state index in [1.165, 1.54) is 29.6 Å². The minimum Gasteiger partial charge on any atom is -0.497 e. The van der Waals surface area contributed by atoms with Crippen LogP contribution in [0.3, 0.4) is 0 Å². The second-order valence-corrected chi connectivity index (χ2v) is 9.18. The molecular weight excluding hydrogens is 436 g/mol. The number of halogens is 1. The molecule has 162 valence electrons. The minimum absolute atomic E-state index is 0.0106. The Morgan fingerprint density at radius 2 is 1.71 bits per heavy atom. The highest BCUT2D eigenvalue weighted by Gasteiger charge is 2.23. The topological polar surface area (TPSA) is 75.7 Å². The first-order valence-electron chi connectivity index (χ1n) is 9.57. The van der Waals surface area contributed by atoms with Crippen LogP contribution in [0.4, 0.5) is 5.69 Å². The summed E-state index contributed by atoms with van der Waals surface area (Å²) in [5.74, 6) is 0.330. The summed E-state index contributed by atoms with van der Waals surface area (Å²) in [6.07, 6.45) is 0.613. The first-order chi connectivity index (χ1) is 14.8. The van der Waals surface area contributed by atoms with Crippen molar-refractivity contribution in [2.45, 2.75) is 11.3 Å². The van der Waals surface area contributed by atoms with Gasteiger partial charge in [0.25, 0.3) is 15.9 Å². The van der Waals surface area contributed by atoms with Crippen molar-refractivity contribution in [1.82, 2.24) is 5.32 Å². The van der Waals surface area contributed by atoms with E-state index in [0.29, 0.717) is 18.7 Å². The summed E-state index contributed by atoms with van der Waals surface area (Å²) in [5, 5.41) is 2.98. The fourth-order valence-electron chi connectivity index (χ4n) is 2.98. The van der Waals surface area contributed by atoms with Gasteiger partial charge in [-0.25, -0.2) is 8.42 Å². The quantitative estimate of drug-likeness (QED) is 0.550. The lowest BCUT2D eigenvalue weighted by atomic mass is 10.1. The molecule has 8 heteroatoms. The summed E-state index contributed by atoms with van der Waals surface area (Å²) in [6.45, 7) is 0.377. The van der Waals surface area contributed by atoms with Crippen LogP contribution in [0.15, 0.2) is 77.7 Å². The Kier molecular flexibility index (Phi) is 7.20. The van der Waals surface area contributed by atoms with Crippen LogP contribution in [-0.2, 0) is 16.4 Å². The van der Waals surface area contributed by atoms with Crippen molar-refractivity contribution >= 4 is 33.2 Å². The van der Waals surface area contributed by atoms with Gasteiger partial charge in [0.15, 0.2) is 0 Å². The van der Waals surface area contributed by atoms with Crippen molar-refractivity contribution in [3.05, 3.63) is 88.9 Å². The highest BCUT2D eigenvalue weighted by atomic mass is 35.5. The van der Waals surface area contributed by atoms with Crippen LogP contribution in [0.5, 0.6) is 5.75 Å². The van der Waals surface area contributed by atoms with Gasteiger partial charge < -0.3 is 10.1 Å². The molecule has 3 aromatic carbocycles. The second-order valence-electron chi connectivity index (χ2n) is 6.80. The number of nitrogens with one attached hydrogen (secondary N) is 1. The molecule has 31 heavy (non-hydrogen) atoms. The number of amides is 1. The minimum atomic E-state index is -3.85. The van der Waals surface area contributed by atoms with Crippen LogP contribution < -0.4 is 14.4 Å². The zero-order chi connectivity index (χ0) is 22.4. The summed E-state index contributed by atoms with van der Waals surface area (Å²) < 4.78 is 32.3. The summed E-state index contributed by atoms with van der Waals surface area (Å²) in [4.78, 5) is 12.6. The molecule has 3 aromatic rings. The van der Waals surface area contributed by atoms with Gasteiger partial charge in [0, 0.05) is 13.6 Å². The third-order valence-corrected chi connectivity index (χ3v) is 6.93. The Balaban J connectivity index is 1.73. The Labute approximate surface area is 187 Å². The summed E-state index contributed by atoms with van der Waals surface area (Å²) >= 11 is 6.18. The molecule has 0 spiro atoms. The number of para-hydroxylation sites is 1. The lowest BCUT2D eigenvalue weighted by Crippen LogP contribution is -2.28. The van der Waals surface area contributed by atoms with Gasteiger partial charge in [-0.2, -0.15) is 0 Å². The molecule has 0 radical (unpaired) electrons. The number of carbonyl (C=O) groups excluding carboxylic acids is 1. The normalized spacial score (nSPS) is 11.1. The number of carbonyl (C=O) groups is 1. The second kappa shape index (κ2) is 9.85. The van der Waals surface area contributed by atoms with Gasteiger partial charge in [-0.1, -0.05) is 41.9 Å². The fourth-order valence-corrected chi connectivity index (χ4v) is 4.41. The predicted molar refractivity (Wildman–Crippen MR) is 123 cm³/mol. The molecule has 0 unspecified atom stereocenters. The van der Waals surface area contributed by atoms with Crippen molar-refractivity contribution in [3.63, 3.8) is 0 Å². The van der Waals surface area contributed by atoms with Crippen molar-refractivity contribution < 1.29 is 17.9 Å². The number of benzene rings is 3. The van der Waals surface area contributed by atoms with Crippen molar-refractivity contribution in [3.8, 4) is 5.75 Å². The average molecular weight is 459 g/mol. The Morgan fingerprint density at radius 1 is 1.03 bits per heavy atom. The maximum absolute atomic E-state index is 13.0. The SMILES string of the molecule is COc1ccc(CCNC(=O)c2cc(S(=O)(=O)N(C)c3ccccc3)ccc2Cl)cc1. The zero-order valence-corrected chi connectivity index (χ0v) is 18.8. The standard InChI is InChI=1S/C23H23ClN2O4S/c1-26(18-6-4-3-5-7-18)31(28,29)20-12-13-22(24)21(16-20)23(27)25-15-14-17-8-10-19(30-2)11-9-17/h3-13,16H,14-15H2,1-2H3,(H,25,27). The molecule has 0 aliphatic rings. The van der Waals surface area contributed by atoms with E-state index in [0.717, 1.165) is 11.3 Å². The van der Waals surface area contributed by atoms with Crippen LogP contribution in [-0.4, -0.2) is 35.0 Å². The molecule has 0 aliphatic carbocycles. The smallest absolute Gasteiger partial charge is 0.264 e. The number of sulfonamides is 1. The maximum atomic E-state index is 13.0. The Hall–Kier alpha value is -3.03. The lowest BCUT2D eigenvalue weighted by molar-refractivity contribution is 0.0954. The lowest BCUT2D eigenvalue weighted by Gasteiger charge is -2.20. The van der Waals surface area contributed by atoms with Gasteiger partial charge in [-0.05, 0) is 54.4 Å². The third-order valence-electron chi connectivity index (χ3n) is 4.82. The molecule has 0 saturated heterocycles. The number of hydrogen-bond donors (Lipinski definition) is 1. The highest BCUT2D eigenvalue weighted by molar-refractivity contribution is 7.92. The number of rotatable bonds is 8. The van der Waals surface area contributed by atoms with Crippen LogP contribution in [0.1, 0.15) is 15.9 Å². The van der Waals surface area contributed by atoms with Gasteiger partial charge >= 0.3 is 0 Å². The monoisotopic (exact) mass is 458 g/mol. The first kappa shape index (κ1) is 22.7. The van der Waals surface area contributed by atoms with Gasteiger partial charge in [0.2, 0.25) is 0 Å². The maximum Gasteiger partial charge on any atom is 0.264 e. The summed E-state index contributed by atoms with van der Waals surface area (Å²) in [7, 11) is -0.784. The average Bonchev–Trinajstić information content (AvgIpc) is 2.79.